The number of benzene rings is 6. The highest BCUT2D eigenvalue weighted by atomic mass is 16.2. The van der Waals surface area contributed by atoms with E-state index in [1.54, 1.807) is 18.6 Å². The van der Waals surface area contributed by atoms with E-state index < -0.39 is 11.8 Å². The molecule has 0 radical (unpaired) electrons. The molecule has 0 aliphatic carbocycles. The molecule has 268 valence electrons. The molecule has 8 heteroatoms. The number of hydrogen-bond acceptors (Lipinski definition) is 6. The number of aromatic nitrogens is 3. The number of Topliss-reactive ketones (excluding diaryl/α,β-unsaturated/α-hetero) is 1. The third kappa shape index (κ3) is 6.71. The first-order chi connectivity index (χ1) is 27.4. The number of carbonyl (C=O) groups excluding carboxylic acids is 3. The molecule has 0 aliphatic heterocycles. The van der Waals surface area contributed by atoms with Crippen molar-refractivity contribution in [1.82, 2.24) is 15.0 Å². The van der Waals surface area contributed by atoms with Gasteiger partial charge in [0.2, 0.25) is 0 Å². The molecule has 0 atom stereocenters. The molecule has 0 unspecified atom stereocenters. The van der Waals surface area contributed by atoms with Crippen LogP contribution in [-0.4, -0.2) is 32.5 Å². The molecule has 56 heavy (non-hydrogen) atoms. The molecule has 6 aromatic carbocycles. The number of nitrogens with one attached hydrogen (secondary N) is 2. The monoisotopic (exact) mass is 727 g/mol. The smallest absolute Gasteiger partial charge is 0.255 e. The van der Waals surface area contributed by atoms with Crippen molar-refractivity contribution in [2.75, 3.05) is 10.6 Å². The molecule has 9 rings (SSSR count). The van der Waals surface area contributed by atoms with E-state index >= 15 is 0 Å². The lowest BCUT2D eigenvalue weighted by molar-refractivity contribution is 0.0992. The molecule has 0 aliphatic rings. The zero-order valence-electron chi connectivity index (χ0n) is 30.3. The van der Waals surface area contributed by atoms with Crippen molar-refractivity contribution < 1.29 is 14.4 Å². The molecular formula is C48H33N5O3. The Balaban J connectivity index is 1.03. The summed E-state index contributed by atoms with van der Waals surface area (Å²) in [6.07, 6.45) is 4.94. The van der Waals surface area contributed by atoms with E-state index in [2.05, 4.69) is 20.6 Å². The summed E-state index contributed by atoms with van der Waals surface area (Å²) in [6.45, 7) is 1.93. The quantitative estimate of drug-likeness (QED) is 0.119. The molecule has 3 heterocycles. The number of rotatable bonds is 8. The summed E-state index contributed by atoms with van der Waals surface area (Å²) in [5.41, 5.74) is 6.54. The van der Waals surface area contributed by atoms with Gasteiger partial charge in [0.1, 0.15) is 0 Å². The van der Waals surface area contributed by atoms with Crippen LogP contribution in [0.4, 0.5) is 11.4 Å². The molecule has 0 saturated heterocycles. The van der Waals surface area contributed by atoms with Gasteiger partial charge in [-0.1, -0.05) is 103 Å². The Labute approximate surface area is 321 Å². The van der Waals surface area contributed by atoms with Crippen LogP contribution in [0.25, 0.3) is 54.6 Å². The van der Waals surface area contributed by atoms with Crippen molar-refractivity contribution >= 4 is 72.3 Å². The average molecular weight is 728 g/mol. The van der Waals surface area contributed by atoms with Crippen LogP contribution in [0.2, 0.25) is 0 Å². The van der Waals surface area contributed by atoms with Crippen molar-refractivity contribution in [1.29, 1.82) is 0 Å². The summed E-state index contributed by atoms with van der Waals surface area (Å²) in [5.74, 6) is -1.24. The largest absolute Gasteiger partial charge is 0.321 e. The van der Waals surface area contributed by atoms with Gasteiger partial charge in [0.15, 0.2) is 5.78 Å². The van der Waals surface area contributed by atoms with Crippen molar-refractivity contribution in [3.8, 4) is 11.3 Å². The number of anilines is 2. The van der Waals surface area contributed by atoms with Crippen molar-refractivity contribution in [3.05, 3.63) is 186 Å². The van der Waals surface area contributed by atoms with Gasteiger partial charge in [0.25, 0.3) is 11.8 Å². The molecule has 0 fully saturated rings. The molecule has 0 bridgehead atoms. The lowest BCUT2D eigenvalue weighted by atomic mass is 9.97. The Bertz CT molecular complexity index is 2880. The minimum Gasteiger partial charge on any atom is -0.321 e. The Hall–Kier alpha value is -7.58. The molecule has 0 saturated carbocycles. The Morgan fingerprint density at radius 1 is 0.500 bits per heavy atom. The number of aryl methyl sites for hydroxylation is 1. The first-order valence-corrected chi connectivity index (χ1v) is 18.2. The first-order valence-electron chi connectivity index (χ1n) is 18.2. The highest BCUT2D eigenvalue weighted by molar-refractivity contribution is 6.13. The Kier molecular flexibility index (Phi) is 8.76. The van der Waals surface area contributed by atoms with Crippen LogP contribution in [0.5, 0.6) is 0 Å². The van der Waals surface area contributed by atoms with Crippen LogP contribution in [0.3, 0.4) is 0 Å². The van der Waals surface area contributed by atoms with Crippen molar-refractivity contribution in [2.24, 2.45) is 0 Å². The maximum Gasteiger partial charge on any atom is 0.255 e. The first kappa shape index (κ1) is 34.2. The number of fused-ring (bicyclic) bond motifs is 6. The predicted molar refractivity (Wildman–Crippen MR) is 223 cm³/mol. The van der Waals surface area contributed by atoms with Crippen molar-refractivity contribution in [2.45, 2.75) is 13.3 Å². The van der Waals surface area contributed by atoms with Gasteiger partial charge in [-0.15, -0.1) is 0 Å². The van der Waals surface area contributed by atoms with Crippen LogP contribution < -0.4 is 10.6 Å². The SMILES string of the molecule is Cc1cc(NC(=O)c2cc(C(=O)Cc3cnc4c(ccc5ccccc54)c3)cc(C(=O)Nc3cnc4c(ccc5ccccc54)c3)c2)cnc1-c1ccccc1. The minimum absolute atomic E-state index is 0.0223. The average Bonchev–Trinajstić information content (AvgIpc) is 3.23. The zero-order chi connectivity index (χ0) is 38.2. The lowest BCUT2D eigenvalue weighted by Crippen LogP contribution is -2.18. The lowest BCUT2D eigenvalue weighted by Gasteiger charge is -2.13. The van der Waals surface area contributed by atoms with Gasteiger partial charge in [-0.05, 0) is 65.2 Å². The van der Waals surface area contributed by atoms with E-state index in [1.807, 2.05) is 128 Å². The van der Waals surface area contributed by atoms with Gasteiger partial charge in [-0.3, -0.25) is 29.3 Å². The van der Waals surface area contributed by atoms with Gasteiger partial charge in [-0.2, -0.15) is 0 Å². The van der Waals surface area contributed by atoms with E-state index in [-0.39, 0.29) is 28.9 Å². The number of ketones is 1. The van der Waals surface area contributed by atoms with Crippen LogP contribution in [0.15, 0.2) is 158 Å². The maximum absolute atomic E-state index is 14.0. The van der Waals surface area contributed by atoms with Crippen LogP contribution in [0.1, 0.15) is 42.2 Å². The summed E-state index contributed by atoms with van der Waals surface area (Å²) < 4.78 is 0. The zero-order valence-corrected chi connectivity index (χ0v) is 30.3. The highest BCUT2D eigenvalue weighted by Crippen LogP contribution is 2.28. The second-order valence-electron chi connectivity index (χ2n) is 13.8. The number of carbonyl (C=O) groups is 3. The summed E-state index contributed by atoms with van der Waals surface area (Å²) in [6, 6.07) is 44.1. The van der Waals surface area contributed by atoms with Gasteiger partial charge in [-0.25, -0.2) is 0 Å². The summed E-state index contributed by atoms with van der Waals surface area (Å²) >= 11 is 0. The third-order valence-electron chi connectivity index (χ3n) is 9.99. The predicted octanol–water partition coefficient (Wildman–Crippen LogP) is 10.4. The maximum atomic E-state index is 14.0. The molecule has 2 amide bonds. The van der Waals surface area contributed by atoms with Crippen LogP contribution in [0, 0.1) is 6.92 Å². The highest BCUT2D eigenvalue weighted by Gasteiger charge is 2.19. The topological polar surface area (TPSA) is 114 Å². The second-order valence-corrected chi connectivity index (χ2v) is 13.8. The van der Waals surface area contributed by atoms with E-state index in [9.17, 15) is 14.4 Å². The fraction of sp³-hybridized carbons (Fsp3) is 0.0417. The minimum atomic E-state index is -0.486. The number of nitrogens with zero attached hydrogens (tertiary/aromatic N) is 3. The number of hydrogen-bond donors (Lipinski definition) is 2. The molecular weight excluding hydrogens is 695 g/mol. The van der Waals surface area contributed by atoms with Gasteiger partial charge in [0.05, 0.1) is 40.5 Å². The fourth-order valence-corrected chi connectivity index (χ4v) is 7.24. The fourth-order valence-electron chi connectivity index (χ4n) is 7.24. The van der Waals surface area contributed by atoms with Crippen molar-refractivity contribution in [3.63, 3.8) is 0 Å². The van der Waals surface area contributed by atoms with E-state index in [0.717, 1.165) is 60.2 Å². The van der Waals surface area contributed by atoms with Crippen LogP contribution in [-0.2, 0) is 6.42 Å². The van der Waals surface area contributed by atoms with E-state index in [0.29, 0.717) is 16.9 Å². The molecule has 0 spiro atoms. The Morgan fingerprint density at radius 2 is 1.02 bits per heavy atom. The normalized spacial score (nSPS) is 11.2. The number of amides is 2. The number of pyridine rings is 3. The summed E-state index contributed by atoms with van der Waals surface area (Å²) in [4.78, 5) is 55.7. The van der Waals surface area contributed by atoms with E-state index in [1.165, 1.54) is 18.2 Å². The summed E-state index contributed by atoms with van der Waals surface area (Å²) in [5, 5.41) is 11.8. The standard InChI is InChI=1S/C48H33N5O3/c1-29-19-39(27-50-44(29)33-11-3-2-4-12-33)52-47(55)37-22-36(43(54)21-30-20-34-17-15-31-9-5-7-13-41(31)45(34)49-26-30)23-38(24-37)48(56)53-40-25-35-18-16-32-10-6-8-14-42(32)46(35)51-28-40/h2-20,22-28H,21H2,1H3,(H,52,55)(H,53,56). The summed E-state index contributed by atoms with van der Waals surface area (Å²) in [7, 11) is 0. The van der Waals surface area contributed by atoms with Crippen LogP contribution >= 0.6 is 0 Å². The molecule has 8 nitrogen and oxygen atoms in total. The third-order valence-corrected chi connectivity index (χ3v) is 9.99. The molecule has 9 aromatic rings. The Morgan fingerprint density at radius 3 is 1.66 bits per heavy atom. The van der Waals surface area contributed by atoms with Gasteiger partial charge >= 0.3 is 0 Å². The van der Waals surface area contributed by atoms with E-state index in [4.69, 9.17) is 4.98 Å². The second kappa shape index (κ2) is 14.3. The molecule has 2 N–H and O–H groups in total. The molecule has 3 aromatic heterocycles. The van der Waals surface area contributed by atoms with Gasteiger partial charge < -0.3 is 10.6 Å². The van der Waals surface area contributed by atoms with Gasteiger partial charge in [0, 0.05) is 56.4 Å².